The molecule has 5 nitrogen and oxygen atoms in total. The quantitative estimate of drug-likeness (QED) is 0.908. The fourth-order valence-corrected chi connectivity index (χ4v) is 2.91. The first-order chi connectivity index (χ1) is 10.7. The summed E-state index contributed by atoms with van der Waals surface area (Å²) in [6, 6.07) is 6.90. The van der Waals surface area contributed by atoms with Crippen LogP contribution in [0.2, 0.25) is 0 Å². The minimum atomic E-state index is -0.922. The third kappa shape index (κ3) is 3.84. The van der Waals surface area contributed by atoms with Crippen molar-refractivity contribution in [2.45, 2.75) is 51.5 Å². The molecule has 1 fully saturated rings. The number of carboxylic acids is 1. The highest BCUT2D eigenvalue weighted by atomic mass is 16.4. The average molecular weight is 318 g/mol. The second-order valence-electron chi connectivity index (χ2n) is 7.18. The highest BCUT2D eigenvalue weighted by molar-refractivity contribution is 5.94. The van der Waals surface area contributed by atoms with Crippen molar-refractivity contribution in [1.29, 1.82) is 0 Å². The Labute approximate surface area is 137 Å². The van der Waals surface area contributed by atoms with Crippen molar-refractivity contribution in [2.75, 3.05) is 18.5 Å². The summed E-state index contributed by atoms with van der Waals surface area (Å²) >= 11 is 0. The Morgan fingerprint density at radius 3 is 2.30 bits per heavy atom. The number of carboxylic acid groups (broad SMARTS) is 1. The van der Waals surface area contributed by atoms with Gasteiger partial charge in [0.1, 0.15) is 6.04 Å². The number of carbonyl (C=O) groups is 2. The Morgan fingerprint density at radius 1 is 1.17 bits per heavy atom. The Hall–Kier alpha value is -2.04. The molecular formula is C18H26N2O3. The molecule has 0 unspecified atom stereocenters. The van der Waals surface area contributed by atoms with Crippen LogP contribution >= 0.6 is 0 Å². The van der Waals surface area contributed by atoms with Gasteiger partial charge in [-0.05, 0) is 42.4 Å². The first-order valence-corrected chi connectivity index (χ1v) is 8.09. The van der Waals surface area contributed by atoms with E-state index in [1.54, 1.807) is 7.05 Å². The summed E-state index contributed by atoms with van der Waals surface area (Å²) < 4.78 is 0. The summed E-state index contributed by atoms with van der Waals surface area (Å²) in [6.45, 7) is 6.92. The van der Waals surface area contributed by atoms with E-state index in [0.29, 0.717) is 13.0 Å². The van der Waals surface area contributed by atoms with Crippen LogP contribution in [0.5, 0.6) is 0 Å². The van der Waals surface area contributed by atoms with E-state index in [0.717, 1.165) is 18.5 Å². The molecule has 0 radical (unpaired) electrons. The van der Waals surface area contributed by atoms with Crippen LogP contribution in [0.4, 0.5) is 10.5 Å². The summed E-state index contributed by atoms with van der Waals surface area (Å²) in [6.07, 6.45) is 2.23. The number of urea groups is 1. The Morgan fingerprint density at radius 2 is 1.78 bits per heavy atom. The Kier molecular flexibility index (Phi) is 4.97. The number of amides is 2. The molecule has 1 aromatic rings. The van der Waals surface area contributed by atoms with Crippen molar-refractivity contribution in [3.8, 4) is 0 Å². The molecule has 0 aromatic heterocycles. The third-order valence-corrected chi connectivity index (χ3v) is 4.44. The lowest BCUT2D eigenvalue weighted by molar-refractivity contribution is -0.143. The van der Waals surface area contributed by atoms with Crippen molar-refractivity contribution >= 4 is 17.7 Å². The maximum atomic E-state index is 12.7. The van der Waals surface area contributed by atoms with E-state index < -0.39 is 12.0 Å². The van der Waals surface area contributed by atoms with Crippen LogP contribution in [0.25, 0.3) is 0 Å². The van der Waals surface area contributed by atoms with Crippen molar-refractivity contribution in [3.05, 3.63) is 29.8 Å². The van der Waals surface area contributed by atoms with Crippen LogP contribution in [0.1, 0.15) is 45.6 Å². The van der Waals surface area contributed by atoms with E-state index in [9.17, 15) is 14.7 Å². The second kappa shape index (κ2) is 6.60. The molecule has 126 valence electrons. The lowest BCUT2D eigenvalue weighted by Gasteiger charge is -2.35. The van der Waals surface area contributed by atoms with E-state index in [1.807, 2.05) is 24.3 Å². The van der Waals surface area contributed by atoms with Crippen molar-refractivity contribution in [2.24, 2.45) is 0 Å². The van der Waals surface area contributed by atoms with Gasteiger partial charge in [0, 0.05) is 19.3 Å². The van der Waals surface area contributed by atoms with Crippen molar-refractivity contribution in [1.82, 2.24) is 4.90 Å². The molecule has 1 heterocycles. The largest absolute Gasteiger partial charge is 0.480 e. The predicted octanol–water partition coefficient (Wildman–Crippen LogP) is 3.48. The zero-order valence-corrected chi connectivity index (χ0v) is 14.4. The molecule has 23 heavy (non-hydrogen) atoms. The van der Waals surface area contributed by atoms with Crippen molar-refractivity contribution in [3.63, 3.8) is 0 Å². The third-order valence-electron chi connectivity index (χ3n) is 4.44. The summed E-state index contributed by atoms with van der Waals surface area (Å²) in [5.41, 5.74) is 2.03. The molecule has 5 heteroatoms. The molecule has 1 saturated heterocycles. The first-order valence-electron chi connectivity index (χ1n) is 8.09. The molecule has 0 bridgehead atoms. The molecule has 1 aromatic carbocycles. The van der Waals surface area contributed by atoms with Crippen LogP contribution in [0.15, 0.2) is 24.3 Å². The number of anilines is 1. The first kappa shape index (κ1) is 17.3. The molecule has 1 aliphatic rings. The van der Waals surface area contributed by atoms with E-state index in [2.05, 4.69) is 20.8 Å². The van der Waals surface area contributed by atoms with Gasteiger partial charge in [-0.15, -0.1) is 0 Å². The molecule has 1 aliphatic heterocycles. The standard InChI is InChI=1S/C18H26N2O3/c1-18(2,3)13-8-10-14(11-9-13)19(4)17(23)20-12-6-5-7-15(20)16(21)22/h8-11,15H,5-7,12H2,1-4H3,(H,21,22)/t15-/m0/s1. The Bertz CT molecular complexity index is 575. The maximum Gasteiger partial charge on any atom is 0.326 e. The van der Waals surface area contributed by atoms with Crippen LogP contribution in [0, 0.1) is 0 Å². The monoisotopic (exact) mass is 318 g/mol. The summed E-state index contributed by atoms with van der Waals surface area (Å²) in [4.78, 5) is 27.1. The van der Waals surface area contributed by atoms with E-state index >= 15 is 0 Å². The normalized spacial score (nSPS) is 18.6. The summed E-state index contributed by atoms with van der Waals surface area (Å²) in [5.74, 6) is -0.922. The van der Waals surface area contributed by atoms with Gasteiger partial charge in [-0.1, -0.05) is 32.9 Å². The highest BCUT2D eigenvalue weighted by Crippen LogP contribution is 2.26. The predicted molar refractivity (Wildman–Crippen MR) is 90.9 cm³/mol. The van der Waals surface area contributed by atoms with Gasteiger partial charge in [0.25, 0.3) is 0 Å². The minimum absolute atomic E-state index is 0.0579. The van der Waals surface area contributed by atoms with Gasteiger partial charge in [0.2, 0.25) is 0 Å². The van der Waals surface area contributed by atoms with E-state index in [-0.39, 0.29) is 11.4 Å². The molecule has 2 amide bonds. The molecule has 1 N–H and O–H groups in total. The molecule has 0 spiro atoms. The molecule has 1 atom stereocenters. The molecular weight excluding hydrogens is 292 g/mol. The number of hydrogen-bond donors (Lipinski definition) is 1. The second-order valence-corrected chi connectivity index (χ2v) is 7.18. The number of aliphatic carboxylic acids is 1. The van der Waals surface area contributed by atoms with Gasteiger partial charge in [-0.25, -0.2) is 9.59 Å². The van der Waals surface area contributed by atoms with Crippen molar-refractivity contribution < 1.29 is 14.7 Å². The van der Waals surface area contributed by atoms with Gasteiger partial charge >= 0.3 is 12.0 Å². The number of hydrogen-bond acceptors (Lipinski definition) is 2. The smallest absolute Gasteiger partial charge is 0.326 e. The fourth-order valence-electron chi connectivity index (χ4n) is 2.91. The van der Waals surface area contributed by atoms with Crippen LogP contribution in [0.3, 0.4) is 0 Å². The number of rotatable bonds is 2. The summed E-state index contributed by atoms with van der Waals surface area (Å²) in [5, 5.41) is 9.32. The van der Waals surface area contributed by atoms with Gasteiger partial charge in [-0.3, -0.25) is 4.90 Å². The van der Waals surface area contributed by atoms with E-state index in [1.165, 1.54) is 15.4 Å². The molecule has 2 rings (SSSR count). The fraction of sp³-hybridized carbons (Fsp3) is 0.556. The van der Waals surface area contributed by atoms with Crippen LogP contribution < -0.4 is 4.90 Å². The highest BCUT2D eigenvalue weighted by Gasteiger charge is 2.33. The average Bonchev–Trinajstić information content (AvgIpc) is 2.52. The topological polar surface area (TPSA) is 60.9 Å². The number of benzene rings is 1. The number of piperidine rings is 1. The minimum Gasteiger partial charge on any atom is -0.480 e. The Balaban J connectivity index is 2.17. The lowest BCUT2D eigenvalue weighted by Crippen LogP contribution is -2.52. The van der Waals surface area contributed by atoms with Crippen LogP contribution in [-0.4, -0.2) is 41.6 Å². The number of nitrogens with zero attached hydrogens (tertiary/aromatic N) is 2. The van der Waals surface area contributed by atoms with Gasteiger partial charge in [-0.2, -0.15) is 0 Å². The van der Waals surface area contributed by atoms with Gasteiger partial charge in [0.15, 0.2) is 0 Å². The van der Waals surface area contributed by atoms with Gasteiger partial charge in [0.05, 0.1) is 0 Å². The number of carbonyl (C=O) groups excluding carboxylic acids is 1. The zero-order valence-electron chi connectivity index (χ0n) is 14.4. The number of likely N-dealkylation sites (tertiary alicyclic amines) is 1. The maximum absolute atomic E-state index is 12.7. The van der Waals surface area contributed by atoms with Gasteiger partial charge < -0.3 is 10.0 Å². The zero-order chi connectivity index (χ0) is 17.2. The molecule has 0 saturated carbocycles. The van der Waals surface area contributed by atoms with Crippen LogP contribution in [-0.2, 0) is 10.2 Å². The lowest BCUT2D eigenvalue weighted by atomic mass is 9.87. The SMILES string of the molecule is CN(C(=O)N1CCCC[C@H]1C(=O)O)c1ccc(C(C)(C)C)cc1. The van der Waals surface area contributed by atoms with E-state index in [4.69, 9.17) is 0 Å². The molecule has 0 aliphatic carbocycles. The summed E-state index contributed by atoms with van der Waals surface area (Å²) in [7, 11) is 1.70.